The monoisotopic (exact) mass is 516 g/mol. The average Bonchev–Trinajstić information content (AvgIpc) is 2.84. The highest BCUT2D eigenvalue weighted by atomic mass is 16.8. The summed E-state index contributed by atoms with van der Waals surface area (Å²) in [6.07, 6.45) is -25.6. The molecule has 9 N–H and O–H groups in total. The Morgan fingerprint density at radius 2 is 1.31 bits per heavy atom. The van der Waals surface area contributed by atoms with Crippen molar-refractivity contribution < 1.29 is 79.2 Å². The minimum Gasteiger partial charge on any atom is -0.467 e. The average molecular weight is 516 g/mol. The topological polar surface area (TPSA) is 255 Å². The Hall–Kier alpha value is -1.09. The summed E-state index contributed by atoms with van der Waals surface area (Å²) in [5, 5.41) is 91.4. The summed E-state index contributed by atoms with van der Waals surface area (Å²) in [6.45, 7) is 0.578. The largest absolute Gasteiger partial charge is 0.467 e. The van der Waals surface area contributed by atoms with Crippen LogP contribution < -0.4 is 0 Å². The summed E-state index contributed by atoms with van der Waals surface area (Å²) < 4.78 is 31.1. The minimum atomic E-state index is -2.02. The number of aliphatic hydroxyl groups is 9. The molecule has 0 aromatic rings. The predicted molar refractivity (Wildman–Crippen MR) is 105 cm³/mol. The van der Waals surface area contributed by atoms with Gasteiger partial charge in [-0.15, -0.1) is 0 Å². The first-order chi connectivity index (χ1) is 16.4. The van der Waals surface area contributed by atoms with Crippen molar-refractivity contribution in [3.8, 4) is 0 Å². The summed E-state index contributed by atoms with van der Waals surface area (Å²) in [6, 6.07) is 0. The second kappa shape index (κ2) is 11.5. The zero-order chi connectivity index (χ0) is 26.2. The number of hydrogen-bond acceptors (Lipinski definition) is 16. The lowest BCUT2D eigenvalue weighted by atomic mass is 9.96. The molecule has 16 nitrogen and oxygen atoms in total. The van der Waals surface area contributed by atoms with Gasteiger partial charge < -0.3 is 74.4 Å². The fourth-order valence-corrected chi connectivity index (χ4v) is 4.06. The number of esters is 1. The van der Waals surface area contributed by atoms with E-state index in [2.05, 4.69) is 4.74 Å². The maximum atomic E-state index is 11.7. The van der Waals surface area contributed by atoms with E-state index in [1.165, 1.54) is 6.92 Å². The number of aliphatic hydroxyl groups excluding tert-OH is 9. The van der Waals surface area contributed by atoms with Gasteiger partial charge in [-0.05, 0) is 6.92 Å². The highest BCUT2D eigenvalue weighted by Gasteiger charge is 2.54. The molecule has 15 atom stereocenters. The Morgan fingerprint density at radius 3 is 1.91 bits per heavy atom. The Balaban J connectivity index is 1.81. The third-order valence-electron chi connectivity index (χ3n) is 6.21. The van der Waals surface area contributed by atoms with Crippen molar-refractivity contribution in [2.45, 2.75) is 99.0 Å². The molecule has 0 radical (unpaired) electrons. The molecule has 1 unspecified atom stereocenters. The zero-order valence-electron chi connectivity index (χ0n) is 18.8. The number of carbonyl (C=O) groups is 1. The summed E-state index contributed by atoms with van der Waals surface area (Å²) in [5.41, 5.74) is 0. The van der Waals surface area contributed by atoms with Gasteiger partial charge in [0, 0.05) is 0 Å². The molecule has 0 bridgehead atoms. The molecule has 3 aliphatic rings. The molecule has 3 aliphatic heterocycles. The first kappa shape index (κ1) is 28.5. The van der Waals surface area contributed by atoms with Gasteiger partial charge in [-0.3, -0.25) is 0 Å². The van der Waals surface area contributed by atoms with E-state index in [1.807, 2.05) is 0 Å². The van der Waals surface area contributed by atoms with Gasteiger partial charge in [-0.1, -0.05) is 0 Å². The summed E-state index contributed by atoms with van der Waals surface area (Å²) in [5.74, 6) is -1.08. The molecule has 0 amide bonds. The number of methoxy groups -OCH3 is 1. The number of ether oxygens (including phenoxy) is 6. The molecular formula is C19H32O16. The van der Waals surface area contributed by atoms with E-state index < -0.39 is 105 Å². The Bertz CT molecular complexity index is 710. The first-order valence-electron chi connectivity index (χ1n) is 10.8. The molecule has 35 heavy (non-hydrogen) atoms. The highest BCUT2D eigenvalue weighted by Crippen LogP contribution is 2.32. The molecule has 0 spiro atoms. The Labute approximate surface area is 198 Å². The van der Waals surface area contributed by atoms with Crippen molar-refractivity contribution in [3.63, 3.8) is 0 Å². The summed E-state index contributed by atoms with van der Waals surface area (Å²) in [4.78, 5) is 11.7. The van der Waals surface area contributed by atoms with Crippen LogP contribution in [0.3, 0.4) is 0 Å². The van der Waals surface area contributed by atoms with Gasteiger partial charge in [0.2, 0.25) is 0 Å². The molecular weight excluding hydrogens is 484 g/mol. The van der Waals surface area contributed by atoms with Crippen LogP contribution in [0.2, 0.25) is 0 Å². The van der Waals surface area contributed by atoms with E-state index in [0.29, 0.717) is 0 Å². The lowest BCUT2D eigenvalue weighted by molar-refractivity contribution is -0.388. The minimum absolute atomic E-state index is 0.797. The molecule has 204 valence electrons. The van der Waals surface area contributed by atoms with E-state index in [1.54, 1.807) is 0 Å². The quantitative estimate of drug-likeness (QED) is 0.149. The van der Waals surface area contributed by atoms with Crippen LogP contribution in [-0.2, 0) is 33.2 Å². The van der Waals surface area contributed by atoms with E-state index in [4.69, 9.17) is 23.7 Å². The number of carbonyl (C=O) groups excluding carboxylic acids is 1. The van der Waals surface area contributed by atoms with Gasteiger partial charge in [0.05, 0.1) is 19.8 Å². The molecule has 0 saturated carbocycles. The highest BCUT2D eigenvalue weighted by molar-refractivity contribution is 5.75. The van der Waals surface area contributed by atoms with Crippen molar-refractivity contribution in [1.29, 1.82) is 0 Å². The van der Waals surface area contributed by atoms with Crippen molar-refractivity contribution in [2.24, 2.45) is 0 Å². The van der Waals surface area contributed by atoms with Gasteiger partial charge in [0.25, 0.3) is 0 Å². The van der Waals surface area contributed by atoms with Crippen molar-refractivity contribution >= 4 is 5.97 Å². The SMILES string of the molecule is COC(=O)[C@H]1OC(O)[C@H](O[C@@H]2O[C@H](CO)[C@H](O)[C@H](O)[C@H]2O[C@@H]2O[C@@H](C)[C@H](O)[C@@H](O)[C@H]2O)[C@@H](O)[C@@H]1O. The van der Waals surface area contributed by atoms with Crippen LogP contribution in [0.1, 0.15) is 6.92 Å². The zero-order valence-corrected chi connectivity index (χ0v) is 18.8. The van der Waals surface area contributed by atoms with Crippen molar-refractivity contribution in [1.82, 2.24) is 0 Å². The lowest BCUT2D eigenvalue weighted by Gasteiger charge is -2.47. The number of hydrogen-bond donors (Lipinski definition) is 9. The van der Waals surface area contributed by atoms with Crippen LogP contribution in [0.25, 0.3) is 0 Å². The predicted octanol–water partition coefficient (Wildman–Crippen LogP) is -6.36. The second-order valence-electron chi connectivity index (χ2n) is 8.54. The molecule has 3 heterocycles. The fourth-order valence-electron chi connectivity index (χ4n) is 4.06. The third kappa shape index (κ3) is 5.60. The molecule has 3 saturated heterocycles. The normalized spacial score (nSPS) is 51.1. The fraction of sp³-hybridized carbons (Fsp3) is 0.947. The van der Waals surface area contributed by atoms with E-state index in [9.17, 15) is 50.8 Å². The van der Waals surface area contributed by atoms with Crippen LogP contribution in [0.5, 0.6) is 0 Å². The van der Waals surface area contributed by atoms with Crippen LogP contribution >= 0.6 is 0 Å². The van der Waals surface area contributed by atoms with Crippen LogP contribution in [0.4, 0.5) is 0 Å². The Kier molecular flexibility index (Phi) is 9.38. The lowest BCUT2D eigenvalue weighted by Crippen LogP contribution is -2.66. The van der Waals surface area contributed by atoms with Gasteiger partial charge in [-0.25, -0.2) is 4.79 Å². The van der Waals surface area contributed by atoms with Gasteiger partial charge >= 0.3 is 5.97 Å². The van der Waals surface area contributed by atoms with Crippen LogP contribution in [0.15, 0.2) is 0 Å². The molecule has 0 aromatic carbocycles. The van der Waals surface area contributed by atoms with Gasteiger partial charge in [0.1, 0.15) is 61.0 Å². The van der Waals surface area contributed by atoms with E-state index >= 15 is 0 Å². The maximum Gasteiger partial charge on any atom is 0.337 e. The van der Waals surface area contributed by atoms with Crippen molar-refractivity contribution in [3.05, 3.63) is 0 Å². The summed E-state index contributed by atoms with van der Waals surface area (Å²) in [7, 11) is 0.998. The molecule has 0 aliphatic carbocycles. The summed E-state index contributed by atoms with van der Waals surface area (Å²) >= 11 is 0. The number of rotatable bonds is 6. The maximum absolute atomic E-state index is 11.7. The van der Waals surface area contributed by atoms with Gasteiger partial charge in [0.15, 0.2) is 25.0 Å². The Morgan fingerprint density at radius 1 is 0.714 bits per heavy atom. The van der Waals surface area contributed by atoms with Crippen LogP contribution in [-0.4, -0.2) is 158 Å². The van der Waals surface area contributed by atoms with Gasteiger partial charge in [-0.2, -0.15) is 0 Å². The molecule has 3 fully saturated rings. The third-order valence-corrected chi connectivity index (χ3v) is 6.21. The second-order valence-corrected chi connectivity index (χ2v) is 8.54. The molecule has 3 rings (SSSR count). The molecule has 0 aromatic heterocycles. The van der Waals surface area contributed by atoms with E-state index in [-0.39, 0.29) is 0 Å². The first-order valence-corrected chi connectivity index (χ1v) is 10.8. The van der Waals surface area contributed by atoms with E-state index in [0.717, 1.165) is 7.11 Å². The standard InChI is InChI=1S/C19H32O16/c1-4-6(21)8(23)12(27)18(31-4)35-15-9(24)7(22)5(3-20)32-19(15)34-14-11(26)10(25)13(16(28)30-2)33-17(14)29/h4-15,17-27,29H,3H2,1-2H3/t4-,5+,6-,7-,8+,9-,10-,11-,12+,13-,14+,15+,17?,18-,19-/m0/s1. The molecule has 16 heteroatoms. The van der Waals surface area contributed by atoms with Crippen LogP contribution in [0, 0.1) is 0 Å². The smallest absolute Gasteiger partial charge is 0.337 e. The van der Waals surface area contributed by atoms with Crippen molar-refractivity contribution in [2.75, 3.05) is 13.7 Å².